The minimum atomic E-state index is -3.94. The standard InChI is InChI=1S/C15H20N2O5S/c1-9-6-11(7-12(10(9)2)23(16,21)22)13(18)17-5-4-15(3,8-17)14(19)20/h6-7H,4-5,8H2,1-3H3,(H,19,20)(H2,16,21,22)/t15-/m1/s1. The first-order valence-corrected chi connectivity index (χ1v) is 8.67. The molecule has 8 heteroatoms. The maximum Gasteiger partial charge on any atom is 0.311 e. The lowest BCUT2D eigenvalue weighted by atomic mass is 9.90. The van der Waals surface area contributed by atoms with Crippen LogP contribution in [0, 0.1) is 19.3 Å². The number of aliphatic carboxylic acids is 1. The van der Waals surface area contributed by atoms with E-state index in [2.05, 4.69) is 0 Å². The van der Waals surface area contributed by atoms with E-state index >= 15 is 0 Å². The third-order valence-corrected chi connectivity index (χ3v) is 5.49. The maximum absolute atomic E-state index is 12.6. The van der Waals surface area contributed by atoms with Crippen LogP contribution < -0.4 is 5.14 Å². The Morgan fingerprint density at radius 2 is 1.91 bits per heavy atom. The van der Waals surface area contributed by atoms with Crippen LogP contribution in [0.2, 0.25) is 0 Å². The number of carbonyl (C=O) groups is 2. The largest absolute Gasteiger partial charge is 0.481 e. The molecular weight excluding hydrogens is 320 g/mol. The zero-order chi connectivity index (χ0) is 17.6. The van der Waals surface area contributed by atoms with Crippen molar-refractivity contribution in [3.63, 3.8) is 0 Å². The number of primary sulfonamides is 1. The Hall–Kier alpha value is -1.93. The third-order valence-electron chi connectivity index (χ3n) is 4.45. The van der Waals surface area contributed by atoms with Crippen LogP contribution in [0.4, 0.5) is 0 Å². The van der Waals surface area contributed by atoms with E-state index < -0.39 is 21.4 Å². The number of carboxylic acids is 1. The molecule has 2 rings (SSSR count). The lowest BCUT2D eigenvalue weighted by Gasteiger charge is -2.21. The summed E-state index contributed by atoms with van der Waals surface area (Å²) in [5, 5.41) is 14.4. The Bertz CT molecular complexity index is 787. The van der Waals surface area contributed by atoms with Gasteiger partial charge in [0.25, 0.3) is 5.91 Å². The molecule has 0 bridgehead atoms. The minimum Gasteiger partial charge on any atom is -0.481 e. The molecule has 1 atom stereocenters. The van der Waals surface area contributed by atoms with E-state index in [1.807, 2.05) is 0 Å². The van der Waals surface area contributed by atoms with Crippen LogP contribution in [-0.4, -0.2) is 43.4 Å². The first-order chi connectivity index (χ1) is 10.5. The molecule has 1 fully saturated rings. The molecule has 1 heterocycles. The fraction of sp³-hybridized carbons (Fsp3) is 0.467. The lowest BCUT2D eigenvalue weighted by molar-refractivity contribution is -0.147. The highest BCUT2D eigenvalue weighted by Crippen LogP contribution is 2.31. The second-order valence-electron chi connectivity index (χ2n) is 6.30. The summed E-state index contributed by atoms with van der Waals surface area (Å²) in [6.45, 7) is 5.34. The Morgan fingerprint density at radius 1 is 1.30 bits per heavy atom. The molecule has 0 saturated carbocycles. The van der Waals surface area contributed by atoms with Gasteiger partial charge < -0.3 is 10.0 Å². The Kier molecular flexibility index (Phi) is 4.25. The van der Waals surface area contributed by atoms with Gasteiger partial charge in [-0.25, -0.2) is 13.6 Å². The smallest absolute Gasteiger partial charge is 0.311 e. The summed E-state index contributed by atoms with van der Waals surface area (Å²) in [4.78, 5) is 25.2. The van der Waals surface area contributed by atoms with E-state index in [4.69, 9.17) is 5.14 Å². The van der Waals surface area contributed by atoms with Crippen molar-refractivity contribution in [2.24, 2.45) is 10.6 Å². The zero-order valence-electron chi connectivity index (χ0n) is 13.3. The van der Waals surface area contributed by atoms with Crippen molar-refractivity contribution in [2.45, 2.75) is 32.1 Å². The van der Waals surface area contributed by atoms with E-state index in [1.54, 1.807) is 26.8 Å². The molecule has 3 N–H and O–H groups in total. The van der Waals surface area contributed by atoms with E-state index in [1.165, 1.54) is 11.0 Å². The number of hydrogen-bond acceptors (Lipinski definition) is 4. The molecule has 126 valence electrons. The summed E-state index contributed by atoms with van der Waals surface area (Å²) in [6, 6.07) is 2.86. The van der Waals surface area contributed by atoms with Gasteiger partial charge in [-0.3, -0.25) is 9.59 Å². The van der Waals surface area contributed by atoms with Crippen LogP contribution >= 0.6 is 0 Å². The molecule has 1 saturated heterocycles. The fourth-order valence-corrected chi connectivity index (χ4v) is 3.62. The summed E-state index contributed by atoms with van der Waals surface area (Å²) in [6.07, 6.45) is 0.362. The molecule has 1 aromatic carbocycles. The highest BCUT2D eigenvalue weighted by molar-refractivity contribution is 7.89. The number of nitrogens with two attached hydrogens (primary N) is 1. The number of benzene rings is 1. The van der Waals surface area contributed by atoms with Crippen LogP contribution in [0.25, 0.3) is 0 Å². The molecular formula is C15H20N2O5S. The molecule has 0 spiro atoms. The minimum absolute atomic E-state index is 0.0824. The number of amides is 1. The van der Waals surface area contributed by atoms with Crippen molar-refractivity contribution in [3.05, 3.63) is 28.8 Å². The molecule has 23 heavy (non-hydrogen) atoms. The Morgan fingerprint density at radius 3 is 2.39 bits per heavy atom. The first kappa shape index (κ1) is 17.4. The molecule has 1 amide bonds. The van der Waals surface area contributed by atoms with E-state index in [9.17, 15) is 23.1 Å². The monoisotopic (exact) mass is 340 g/mol. The van der Waals surface area contributed by atoms with Gasteiger partial charge in [-0.1, -0.05) is 0 Å². The summed E-state index contributed by atoms with van der Waals surface area (Å²) in [5.41, 5.74) is 0.366. The number of likely N-dealkylation sites (tertiary alicyclic amines) is 1. The number of aryl methyl sites for hydroxylation is 1. The second-order valence-corrected chi connectivity index (χ2v) is 7.83. The van der Waals surface area contributed by atoms with Crippen molar-refractivity contribution < 1.29 is 23.1 Å². The van der Waals surface area contributed by atoms with Crippen molar-refractivity contribution in [1.82, 2.24) is 4.90 Å². The molecule has 0 radical (unpaired) electrons. The van der Waals surface area contributed by atoms with Crippen LogP contribution in [-0.2, 0) is 14.8 Å². The van der Waals surface area contributed by atoms with Crippen LogP contribution in [0.1, 0.15) is 34.8 Å². The Labute approximate surface area is 135 Å². The van der Waals surface area contributed by atoms with Crippen LogP contribution in [0.3, 0.4) is 0 Å². The van der Waals surface area contributed by atoms with Gasteiger partial charge in [-0.05, 0) is 50.5 Å². The molecule has 1 aliphatic heterocycles. The summed E-state index contributed by atoms with van der Waals surface area (Å²) in [7, 11) is -3.94. The molecule has 0 unspecified atom stereocenters. The van der Waals surface area contributed by atoms with Crippen molar-refractivity contribution in [1.29, 1.82) is 0 Å². The molecule has 1 aliphatic rings. The highest BCUT2D eigenvalue weighted by Gasteiger charge is 2.42. The topological polar surface area (TPSA) is 118 Å². The van der Waals surface area contributed by atoms with Gasteiger partial charge in [-0.15, -0.1) is 0 Å². The van der Waals surface area contributed by atoms with E-state index in [0.717, 1.165) is 0 Å². The van der Waals surface area contributed by atoms with Gasteiger partial charge in [-0.2, -0.15) is 0 Å². The molecule has 7 nitrogen and oxygen atoms in total. The summed E-state index contributed by atoms with van der Waals surface area (Å²) < 4.78 is 23.3. The number of hydrogen-bond donors (Lipinski definition) is 2. The van der Waals surface area contributed by atoms with Gasteiger partial charge in [0.1, 0.15) is 0 Å². The number of carboxylic acid groups (broad SMARTS) is 1. The first-order valence-electron chi connectivity index (χ1n) is 7.12. The van der Waals surface area contributed by atoms with Gasteiger partial charge in [0.2, 0.25) is 10.0 Å². The van der Waals surface area contributed by atoms with Gasteiger partial charge in [0.05, 0.1) is 10.3 Å². The normalized spacial score (nSPS) is 21.5. The molecule has 1 aromatic rings. The Balaban J connectivity index is 2.39. The van der Waals surface area contributed by atoms with Crippen molar-refractivity contribution in [2.75, 3.05) is 13.1 Å². The summed E-state index contributed by atoms with van der Waals surface area (Å²) >= 11 is 0. The van der Waals surface area contributed by atoms with Gasteiger partial charge in [0, 0.05) is 18.7 Å². The predicted molar refractivity (Wildman–Crippen MR) is 83.6 cm³/mol. The molecule has 0 aromatic heterocycles. The fourth-order valence-electron chi connectivity index (χ4n) is 2.74. The van der Waals surface area contributed by atoms with Gasteiger partial charge in [0.15, 0.2) is 0 Å². The van der Waals surface area contributed by atoms with E-state index in [0.29, 0.717) is 24.1 Å². The van der Waals surface area contributed by atoms with Crippen LogP contribution in [0.5, 0.6) is 0 Å². The van der Waals surface area contributed by atoms with Crippen molar-refractivity contribution in [3.8, 4) is 0 Å². The van der Waals surface area contributed by atoms with E-state index in [-0.39, 0.29) is 22.9 Å². The quantitative estimate of drug-likeness (QED) is 0.847. The predicted octanol–water partition coefficient (Wildman–Crippen LogP) is 0.888. The highest BCUT2D eigenvalue weighted by atomic mass is 32.2. The molecule has 0 aliphatic carbocycles. The second kappa shape index (κ2) is 5.61. The lowest BCUT2D eigenvalue weighted by Crippen LogP contribution is -2.35. The number of carbonyl (C=O) groups excluding carboxylic acids is 1. The number of sulfonamides is 1. The average molecular weight is 340 g/mol. The van der Waals surface area contributed by atoms with Crippen LogP contribution in [0.15, 0.2) is 17.0 Å². The number of nitrogens with zero attached hydrogens (tertiary/aromatic N) is 1. The van der Waals surface area contributed by atoms with Gasteiger partial charge >= 0.3 is 5.97 Å². The third kappa shape index (κ3) is 3.23. The summed E-state index contributed by atoms with van der Waals surface area (Å²) in [5.74, 6) is -1.33. The van der Waals surface area contributed by atoms with Crippen molar-refractivity contribution >= 4 is 21.9 Å². The number of rotatable bonds is 3. The zero-order valence-corrected chi connectivity index (χ0v) is 14.1. The maximum atomic E-state index is 12.6. The average Bonchev–Trinajstić information content (AvgIpc) is 2.83. The SMILES string of the molecule is Cc1cc(C(=O)N2CC[C@@](C)(C(=O)O)C2)cc(S(N)(=O)=O)c1C.